The van der Waals surface area contributed by atoms with Crippen LogP contribution in [0.3, 0.4) is 0 Å². The molecule has 0 bridgehead atoms. The molecule has 1 aromatic heterocycles. The minimum Gasteiger partial charge on any atom is -0.452 e. The Bertz CT molecular complexity index is 920. The number of ether oxygens (including phenoxy) is 1. The van der Waals surface area contributed by atoms with Gasteiger partial charge >= 0.3 is 5.97 Å². The molecule has 0 saturated heterocycles. The second-order valence-electron chi connectivity index (χ2n) is 5.35. The molecule has 0 aliphatic rings. The Kier molecular flexibility index (Phi) is 5.28. The molecular formula is C18H14ClN3O4. The number of rotatable bonds is 5. The molecule has 0 saturated carbocycles. The molecule has 1 heterocycles. The van der Waals surface area contributed by atoms with E-state index in [1.54, 1.807) is 48.5 Å². The van der Waals surface area contributed by atoms with Gasteiger partial charge < -0.3 is 14.6 Å². The number of nitrogens with zero attached hydrogens (tertiary/aromatic N) is 2. The van der Waals surface area contributed by atoms with Crippen LogP contribution in [0.15, 0.2) is 53.1 Å². The molecule has 0 spiro atoms. The van der Waals surface area contributed by atoms with Crippen LogP contribution in [-0.2, 0) is 16.1 Å². The predicted octanol–water partition coefficient (Wildman–Crippen LogP) is 3.71. The smallest absolute Gasteiger partial charge is 0.338 e. The number of anilines is 1. The van der Waals surface area contributed by atoms with E-state index in [-0.39, 0.29) is 18.4 Å². The summed E-state index contributed by atoms with van der Waals surface area (Å²) in [4.78, 5) is 27.2. The molecule has 0 fully saturated rings. The molecule has 3 rings (SSSR count). The van der Waals surface area contributed by atoms with Crippen LogP contribution >= 0.6 is 11.6 Å². The second kappa shape index (κ2) is 7.79. The molecule has 0 unspecified atom stereocenters. The van der Waals surface area contributed by atoms with Gasteiger partial charge in [0.25, 0.3) is 5.89 Å². The molecule has 7 nitrogen and oxygen atoms in total. The molecule has 8 heteroatoms. The molecule has 0 aliphatic carbocycles. The van der Waals surface area contributed by atoms with Crippen molar-refractivity contribution in [1.29, 1.82) is 0 Å². The maximum Gasteiger partial charge on any atom is 0.338 e. The molecule has 1 N–H and O–H groups in total. The van der Waals surface area contributed by atoms with E-state index in [1.807, 2.05) is 0 Å². The number of amides is 1. The number of hydrogen-bond acceptors (Lipinski definition) is 6. The number of halogens is 1. The van der Waals surface area contributed by atoms with E-state index in [9.17, 15) is 9.59 Å². The standard InChI is InChI=1S/C18H14ClN3O4/c1-11(23)20-15-8-4-13(5-9-15)18(24)25-10-16-21-17(22-26-16)12-2-6-14(19)7-3-12/h2-9H,10H2,1H3,(H,20,23). The van der Waals surface area contributed by atoms with Crippen LogP contribution < -0.4 is 5.32 Å². The molecule has 0 aliphatic heterocycles. The van der Waals surface area contributed by atoms with E-state index < -0.39 is 5.97 Å². The van der Waals surface area contributed by atoms with Crippen LogP contribution in [0.25, 0.3) is 11.4 Å². The van der Waals surface area contributed by atoms with Gasteiger partial charge in [-0.3, -0.25) is 4.79 Å². The van der Waals surface area contributed by atoms with Gasteiger partial charge in [0, 0.05) is 23.2 Å². The molecule has 26 heavy (non-hydrogen) atoms. The first kappa shape index (κ1) is 17.6. The molecule has 0 radical (unpaired) electrons. The largest absolute Gasteiger partial charge is 0.452 e. The molecule has 3 aromatic rings. The third-order valence-corrected chi connectivity index (χ3v) is 3.59. The van der Waals surface area contributed by atoms with Crippen molar-refractivity contribution >= 4 is 29.2 Å². The summed E-state index contributed by atoms with van der Waals surface area (Å²) in [5, 5.41) is 7.07. The van der Waals surface area contributed by atoms with E-state index in [4.69, 9.17) is 20.9 Å². The van der Waals surface area contributed by atoms with Crippen molar-refractivity contribution in [2.45, 2.75) is 13.5 Å². The van der Waals surface area contributed by atoms with E-state index in [1.165, 1.54) is 6.92 Å². The van der Waals surface area contributed by atoms with Gasteiger partial charge in [-0.05, 0) is 48.5 Å². The number of esters is 1. The first-order valence-corrected chi connectivity index (χ1v) is 8.02. The van der Waals surface area contributed by atoms with Crippen molar-refractivity contribution in [3.8, 4) is 11.4 Å². The summed E-state index contributed by atoms with van der Waals surface area (Å²) in [5.41, 5.74) is 1.68. The average molecular weight is 372 g/mol. The highest BCUT2D eigenvalue weighted by atomic mass is 35.5. The van der Waals surface area contributed by atoms with Crippen LogP contribution in [-0.4, -0.2) is 22.0 Å². The molecular weight excluding hydrogens is 358 g/mol. The van der Waals surface area contributed by atoms with Crippen LogP contribution in [0.5, 0.6) is 0 Å². The zero-order valence-corrected chi connectivity index (χ0v) is 14.5. The van der Waals surface area contributed by atoms with Gasteiger partial charge in [-0.25, -0.2) is 4.79 Å². The van der Waals surface area contributed by atoms with Gasteiger partial charge in [-0.2, -0.15) is 4.98 Å². The first-order valence-electron chi connectivity index (χ1n) is 7.64. The van der Waals surface area contributed by atoms with Crippen LogP contribution in [0.1, 0.15) is 23.2 Å². The molecule has 132 valence electrons. The van der Waals surface area contributed by atoms with Crippen LogP contribution in [0.4, 0.5) is 5.69 Å². The maximum atomic E-state index is 12.1. The monoisotopic (exact) mass is 371 g/mol. The lowest BCUT2D eigenvalue weighted by Gasteiger charge is -2.04. The van der Waals surface area contributed by atoms with Gasteiger partial charge in [0.2, 0.25) is 11.7 Å². The van der Waals surface area contributed by atoms with Gasteiger partial charge in [0.1, 0.15) is 0 Å². The second-order valence-corrected chi connectivity index (χ2v) is 5.79. The Morgan fingerprint density at radius 2 is 1.81 bits per heavy atom. The Labute approximate surface area is 153 Å². The van der Waals surface area contributed by atoms with Crippen molar-refractivity contribution in [2.75, 3.05) is 5.32 Å². The van der Waals surface area contributed by atoms with Crippen molar-refractivity contribution in [2.24, 2.45) is 0 Å². The third-order valence-electron chi connectivity index (χ3n) is 3.34. The number of benzene rings is 2. The highest BCUT2D eigenvalue weighted by Crippen LogP contribution is 2.19. The maximum absolute atomic E-state index is 12.1. The average Bonchev–Trinajstić information content (AvgIpc) is 3.09. The Balaban J connectivity index is 1.59. The number of carbonyl (C=O) groups excluding carboxylic acids is 2. The SMILES string of the molecule is CC(=O)Nc1ccc(C(=O)OCc2nc(-c3ccc(Cl)cc3)no2)cc1. The fourth-order valence-electron chi connectivity index (χ4n) is 2.13. The van der Waals surface area contributed by atoms with Crippen LogP contribution in [0, 0.1) is 0 Å². The Morgan fingerprint density at radius 1 is 1.12 bits per heavy atom. The lowest BCUT2D eigenvalue weighted by Crippen LogP contribution is -2.08. The van der Waals surface area contributed by atoms with Crippen molar-refractivity contribution < 1.29 is 18.8 Å². The zero-order valence-electron chi connectivity index (χ0n) is 13.7. The Morgan fingerprint density at radius 3 is 2.46 bits per heavy atom. The highest BCUT2D eigenvalue weighted by Gasteiger charge is 2.12. The Hall–Kier alpha value is -3.19. The quantitative estimate of drug-likeness (QED) is 0.687. The van der Waals surface area contributed by atoms with Crippen molar-refractivity contribution in [3.63, 3.8) is 0 Å². The lowest BCUT2D eigenvalue weighted by molar-refractivity contribution is -0.114. The topological polar surface area (TPSA) is 94.3 Å². The summed E-state index contributed by atoms with van der Waals surface area (Å²) in [5.74, 6) is -0.163. The van der Waals surface area contributed by atoms with E-state index in [0.717, 1.165) is 5.56 Å². The fourth-order valence-corrected chi connectivity index (χ4v) is 2.26. The predicted molar refractivity (Wildman–Crippen MR) is 94.6 cm³/mol. The molecule has 1 amide bonds. The van der Waals surface area contributed by atoms with E-state index in [0.29, 0.717) is 22.1 Å². The van der Waals surface area contributed by atoms with Crippen molar-refractivity contribution in [1.82, 2.24) is 10.1 Å². The highest BCUT2D eigenvalue weighted by molar-refractivity contribution is 6.30. The number of nitrogens with one attached hydrogen (secondary N) is 1. The van der Waals surface area contributed by atoms with Gasteiger partial charge in [-0.15, -0.1) is 0 Å². The summed E-state index contributed by atoms with van der Waals surface area (Å²) < 4.78 is 10.2. The summed E-state index contributed by atoms with van der Waals surface area (Å²) in [6, 6.07) is 13.3. The minimum atomic E-state index is -0.536. The van der Waals surface area contributed by atoms with E-state index >= 15 is 0 Å². The van der Waals surface area contributed by atoms with Crippen molar-refractivity contribution in [3.05, 3.63) is 65.0 Å². The van der Waals surface area contributed by atoms with Crippen LogP contribution in [0.2, 0.25) is 5.02 Å². The summed E-state index contributed by atoms with van der Waals surface area (Å²) in [6.45, 7) is 1.26. The number of hydrogen-bond donors (Lipinski definition) is 1. The number of aromatic nitrogens is 2. The molecule has 0 atom stereocenters. The normalized spacial score (nSPS) is 10.4. The molecule has 2 aromatic carbocycles. The van der Waals surface area contributed by atoms with Gasteiger partial charge in [-0.1, -0.05) is 16.8 Å². The van der Waals surface area contributed by atoms with Gasteiger partial charge in [0.05, 0.1) is 5.56 Å². The summed E-state index contributed by atoms with van der Waals surface area (Å²) in [6.07, 6.45) is 0. The zero-order chi connectivity index (χ0) is 18.5. The summed E-state index contributed by atoms with van der Waals surface area (Å²) >= 11 is 5.84. The minimum absolute atomic E-state index is 0.146. The van der Waals surface area contributed by atoms with Gasteiger partial charge in [0.15, 0.2) is 6.61 Å². The third kappa shape index (κ3) is 4.46. The first-order chi connectivity index (χ1) is 12.5. The summed E-state index contributed by atoms with van der Waals surface area (Å²) in [7, 11) is 0. The van der Waals surface area contributed by atoms with E-state index in [2.05, 4.69) is 15.5 Å². The lowest BCUT2D eigenvalue weighted by atomic mass is 10.2. The number of carbonyl (C=O) groups is 2. The fraction of sp³-hybridized carbons (Fsp3) is 0.111.